The zero-order chi connectivity index (χ0) is 18.9. The molecule has 2 unspecified atom stereocenters. The molecule has 3 N–H and O–H groups in total. The SMILES string of the molecule is CCNC(=O)Nc1c(C)cc(C(F)(Cl)C(O)(F)C(F)(F)Cl)cc1C. The minimum Gasteiger partial charge on any atom is -0.352 e. The summed E-state index contributed by atoms with van der Waals surface area (Å²) in [5.41, 5.74) is -0.0802. The first-order chi connectivity index (χ1) is 10.8. The highest BCUT2D eigenvalue weighted by Crippen LogP contribution is 2.52. The number of alkyl halides is 6. The van der Waals surface area contributed by atoms with Crippen LogP contribution in [-0.4, -0.2) is 28.9 Å². The molecule has 1 rings (SSSR count). The highest BCUT2D eigenvalue weighted by Gasteiger charge is 2.68. The number of carbonyl (C=O) groups is 1. The van der Waals surface area contributed by atoms with Crippen molar-refractivity contribution in [2.24, 2.45) is 0 Å². The Hall–Kier alpha value is -1.25. The van der Waals surface area contributed by atoms with Gasteiger partial charge >= 0.3 is 17.3 Å². The number of carbonyl (C=O) groups excluding carboxylic acids is 1. The van der Waals surface area contributed by atoms with E-state index < -0.39 is 28.0 Å². The van der Waals surface area contributed by atoms with Gasteiger partial charge in [-0.1, -0.05) is 11.6 Å². The van der Waals surface area contributed by atoms with Gasteiger partial charge in [0.1, 0.15) is 0 Å². The first kappa shape index (κ1) is 20.8. The Balaban J connectivity index is 3.31. The molecule has 0 aliphatic heterocycles. The molecule has 1 aromatic carbocycles. The Bertz CT molecular complexity index is 611. The lowest BCUT2D eigenvalue weighted by atomic mass is 9.97. The minimum atomic E-state index is -4.97. The molecular formula is C14H16Cl2F4N2O2. The molecule has 2 atom stereocenters. The maximum absolute atomic E-state index is 14.4. The number of rotatable bonds is 5. The van der Waals surface area contributed by atoms with Crippen molar-refractivity contribution < 1.29 is 27.5 Å². The van der Waals surface area contributed by atoms with Crippen molar-refractivity contribution in [3.05, 3.63) is 28.8 Å². The van der Waals surface area contributed by atoms with Crippen LogP contribution in [0.4, 0.5) is 28.0 Å². The van der Waals surface area contributed by atoms with E-state index in [2.05, 4.69) is 22.2 Å². The number of benzene rings is 1. The predicted octanol–water partition coefficient (Wildman–Crippen LogP) is 4.30. The van der Waals surface area contributed by atoms with Crippen LogP contribution in [-0.2, 0) is 5.13 Å². The Morgan fingerprint density at radius 1 is 1.17 bits per heavy atom. The van der Waals surface area contributed by atoms with Crippen molar-refractivity contribution in [2.45, 2.75) is 37.1 Å². The fourth-order valence-electron chi connectivity index (χ4n) is 2.03. The van der Waals surface area contributed by atoms with Crippen LogP contribution >= 0.6 is 23.2 Å². The van der Waals surface area contributed by atoms with E-state index in [1.807, 2.05) is 0 Å². The second kappa shape index (κ2) is 6.93. The molecule has 0 aliphatic carbocycles. The molecule has 2 amide bonds. The average molecular weight is 391 g/mol. The molecule has 0 radical (unpaired) electrons. The van der Waals surface area contributed by atoms with E-state index >= 15 is 0 Å². The van der Waals surface area contributed by atoms with Crippen LogP contribution in [0, 0.1) is 13.8 Å². The first-order valence-electron chi connectivity index (χ1n) is 6.78. The van der Waals surface area contributed by atoms with Crippen LogP contribution in [0.3, 0.4) is 0 Å². The Kier molecular flexibility index (Phi) is 6.01. The molecule has 0 aliphatic rings. The molecule has 0 saturated carbocycles. The number of halogens is 6. The van der Waals surface area contributed by atoms with E-state index in [0.29, 0.717) is 6.54 Å². The van der Waals surface area contributed by atoms with Crippen LogP contribution in [0.25, 0.3) is 0 Å². The van der Waals surface area contributed by atoms with E-state index in [1.54, 1.807) is 6.92 Å². The minimum absolute atomic E-state index is 0.215. The average Bonchev–Trinajstić information content (AvgIpc) is 2.41. The van der Waals surface area contributed by atoms with E-state index in [1.165, 1.54) is 13.8 Å². The van der Waals surface area contributed by atoms with Gasteiger partial charge in [0.25, 0.3) is 5.13 Å². The third-order valence-corrected chi connectivity index (χ3v) is 3.98. The number of urea groups is 1. The summed E-state index contributed by atoms with van der Waals surface area (Å²) in [4.78, 5) is 11.6. The molecule has 0 spiro atoms. The van der Waals surface area contributed by atoms with Gasteiger partial charge in [-0.25, -0.2) is 9.18 Å². The molecule has 0 bridgehead atoms. The maximum atomic E-state index is 14.4. The number of anilines is 1. The summed E-state index contributed by atoms with van der Waals surface area (Å²) in [6.07, 6.45) is 0. The van der Waals surface area contributed by atoms with Gasteiger partial charge in [0.05, 0.1) is 0 Å². The fraction of sp³-hybridized carbons (Fsp3) is 0.500. The molecule has 0 fully saturated rings. The van der Waals surface area contributed by atoms with Crippen LogP contribution in [0.5, 0.6) is 0 Å². The quantitative estimate of drug-likeness (QED) is 0.518. The van der Waals surface area contributed by atoms with Crippen molar-refractivity contribution in [1.82, 2.24) is 5.32 Å². The zero-order valence-electron chi connectivity index (χ0n) is 13.0. The third-order valence-electron chi connectivity index (χ3n) is 3.26. The summed E-state index contributed by atoms with van der Waals surface area (Å²) in [6, 6.07) is 1.31. The number of hydrogen-bond donors (Lipinski definition) is 3. The molecule has 4 nitrogen and oxygen atoms in total. The Morgan fingerprint density at radius 2 is 1.62 bits per heavy atom. The van der Waals surface area contributed by atoms with E-state index in [9.17, 15) is 22.4 Å². The summed E-state index contributed by atoms with van der Waals surface area (Å²) in [5.74, 6) is -4.86. The van der Waals surface area contributed by atoms with E-state index in [0.717, 1.165) is 12.1 Å². The van der Waals surface area contributed by atoms with Gasteiger partial charge in [0.2, 0.25) is 0 Å². The normalized spacial score (nSPS) is 16.9. The number of aliphatic hydroxyl groups is 1. The van der Waals surface area contributed by atoms with Gasteiger partial charge in [-0.15, -0.1) is 0 Å². The molecule has 136 valence electrons. The van der Waals surface area contributed by atoms with E-state index in [-0.39, 0.29) is 16.8 Å². The predicted molar refractivity (Wildman–Crippen MR) is 84.1 cm³/mol. The van der Waals surface area contributed by atoms with Gasteiger partial charge in [-0.05, 0) is 55.6 Å². The topological polar surface area (TPSA) is 61.4 Å². The monoisotopic (exact) mass is 390 g/mol. The Morgan fingerprint density at radius 3 is 2.00 bits per heavy atom. The molecule has 0 aromatic heterocycles. The zero-order valence-corrected chi connectivity index (χ0v) is 14.5. The second-order valence-electron chi connectivity index (χ2n) is 5.16. The lowest BCUT2D eigenvalue weighted by Gasteiger charge is -2.33. The maximum Gasteiger partial charge on any atom is 0.384 e. The molecule has 0 heterocycles. The van der Waals surface area contributed by atoms with Gasteiger partial charge in [0, 0.05) is 17.8 Å². The largest absolute Gasteiger partial charge is 0.384 e. The van der Waals surface area contributed by atoms with Crippen LogP contribution in [0.1, 0.15) is 23.6 Å². The number of amides is 2. The number of hydrogen-bond acceptors (Lipinski definition) is 2. The summed E-state index contributed by atoms with van der Waals surface area (Å²) >= 11 is 9.66. The van der Waals surface area contributed by atoms with Gasteiger partial charge in [-0.2, -0.15) is 13.2 Å². The van der Waals surface area contributed by atoms with Gasteiger partial charge in [0.15, 0.2) is 0 Å². The fourth-order valence-corrected chi connectivity index (χ4v) is 2.44. The van der Waals surface area contributed by atoms with Crippen LogP contribution in [0.2, 0.25) is 0 Å². The number of nitrogens with one attached hydrogen (secondary N) is 2. The lowest BCUT2D eigenvalue weighted by molar-refractivity contribution is -0.260. The van der Waals surface area contributed by atoms with Crippen molar-refractivity contribution in [3.8, 4) is 0 Å². The van der Waals surface area contributed by atoms with Crippen LogP contribution < -0.4 is 10.6 Å². The van der Waals surface area contributed by atoms with Crippen molar-refractivity contribution in [3.63, 3.8) is 0 Å². The standard InChI is InChI=1S/C14H16Cl2F4N2O2/c1-4-21-11(23)22-10-7(2)5-9(6-8(10)3)12(15,17)13(18,24)14(16,19)20/h5-6,24H,4H2,1-3H3,(H2,21,22,23). The molecule has 1 aromatic rings. The summed E-state index contributed by atoms with van der Waals surface area (Å²) < 4.78 is 54.2. The highest BCUT2D eigenvalue weighted by atomic mass is 35.5. The molecule has 10 heteroatoms. The van der Waals surface area contributed by atoms with Crippen molar-refractivity contribution in [2.75, 3.05) is 11.9 Å². The van der Waals surface area contributed by atoms with Crippen LogP contribution in [0.15, 0.2) is 12.1 Å². The molecule has 0 saturated heterocycles. The third kappa shape index (κ3) is 3.87. The highest BCUT2D eigenvalue weighted by molar-refractivity contribution is 6.26. The molecule has 24 heavy (non-hydrogen) atoms. The first-order valence-corrected chi connectivity index (χ1v) is 7.53. The smallest absolute Gasteiger partial charge is 0.352 e. The lowest BCUT2D eigenvalue weighted by Crippen LogP contribution is -2.52. The van der Waals surface area contributed by atoms with Gasteiger partial charge in [-0.3, -0.25) is 0 Å². The van der Waals surface area contributed by atoms with E-state index in [4.69, 9.17) is 16.7 Å². The Labute approximate surface area is 146 Å². The summed E-state index contributed by atoms with van der Waals surface area (Å²) in [7, 11) is 0. The van der Waals surface area contributed by atoms with Crippen molar-refractivity contribution >= 4 is 34.9 Å². The van der Waals surface area contributed by atoms with Crippen molar-refractivity contribution in [1.29, 1.82) is 0 Å². The number of aryl methyl sites for hydroxylation is 2. The summed E-state index contributed by atoms with van der Waals surface area (Å²) in [5, 5.41) is 5.13. The second-order valence-corrected chi connectivity index (χ2v) is 6.16. The molecular weight excluding hydrogens is 375 g/mol. The summed E-state index contributed by atoms with van der Waals surface area (Å²) in [6.45, 7) is 4.89. The van der Waals surface area contributed by atoms with Gasteiger partial charge < -0.3 is 15.7 Å².